The molecule has 0 saturated heterocycles. The first kappa shape index (κ1) is 21.0. The molecule has 0 heterocycles. The first-order chi connectivity index (χ1) is 13.4. The van der Waals surface area contributed by atoms with Crippen LogP contribution in [0.1, 0.15) is 0 Å². The third-order valence-electron chi connectivity index (χ3n) is 3.80. The Kier molecular flexibility index (Phi) is 5.23. The molecule has 3 aromatic carbocycles. The molecule has 152 valence electrons. The van der Waals surface area contributed by atoms with E-state index in [0.29, 0.717) is 0 Å². The molecule has 0 bridgehead atoms. The summed E-state index contributed by atoms with van der Waals surface area (Å²) in [5, 5.41) is 27.5. The van der Waals surface area contributed by atoms with E-state index in [1.165, 1.54) is 24.3 Å². The summed E-state index contributed by atoms with van der Waals surface area (Å²) in [5.74, 6) is -1.46. The Hall–Kier alpha value is -2.77. The molecule has 29 heavy (non-hydrogen) atoms. The number of benzene rings is 3. The van der Waals surface area contributed by atoms with Crippen LogP contribution in [0, 0.1) is 0 Å². The second kappa shape index (κ2) is 7.24. The van der Waals surface area contributed by atoms with E-state index in [1.54, 1.807) is 0 Å². The van der Waals surface area contributed by atoms with Gasteiger partial charge in [0.25, 0.3) is 10.1 Å². The Morgan fingerprint density at radius 1 is 0.828 bits per heavy atom. The summed E-state index contributed by atoms with van der Waals surface area (Å²) in [6.45, 7) is 0. The van der Waals surface area contributed by atoms with Gasteiger partial charge in [-0.1, -0.05) is 29.8 Å². The summed E-state index contributed by atoms with van der Waals surface area (Å²) < 4.78 is 65.8. The third kappa shape index (κ3) is 4.16. The van der Waals surface area contributed by atoms with Crippen LogP contribution in [0.3, 0.4) is 0 Å². The first-order valence-electron chi connectivity index (χ1n) is 7.52. The van der Waals surface area contributed by atoms with Gasteiger partial charge in [-0.2, -0.15) is 8.42 Å². The smallest absolute Gasteiger partial charge is 0.295 e. The van der Waals surface area contributed by atoms with Crippen LogP contribution in [-0.2, 0) is 20.2 Å². The number of hydrogen-bond donors (Lipinski definition) is 3. The average molecular weight is 458 g/mol. The van der Waals surface area contributed by atoms with E-state index in [4.69, 9.17) is 11.6 Å². The molecular formula is C16H10ClN2O8S2-. The van der Waals surface area contributed by atoms with Gasteiger partial charge < -0.3 is 14.8 Å². The molecule has 0 atom stereocenters. The highest BCUT2D eigenvalue weighted by atomic mass is 35.5. The zero-order valence-corrected chi connectivity index (χ0v) is 16.4. The normalized spacial score (nSPS) is 12.7. The molecular weight excluding hydrogens is 448 g/mol. The number of rotatable bonds is 4. The van der Waals surface area contributed by atoms with Crippen LogP contribution in [-0.4, -0.2) is 36.2 Å². The zero-order valence-electron chi connectivity index (χ0n) is 14.0. The quantitative estimate of drug-likeness (QED) is 0.393. The van der Waals surface area contributed by atoms with Crippen molar-refractivity contribution < 1.29 is 36.2 Å². The van der Waals surface area contributed by atoms with Gasteiger partial charge in [0.2, 0.25) is 0 Å². The molecule has 0 aromatic heterocycles. The van der Waals surface area contributed by atoms with Crippen LogP contribution in [0.15, 0.2) is 62.5 Å². The molecule has 0 aliphatic rings. The molecule has 3 aromatic rings. The number of azo groups is 1. The molecule has 0 unspecified atom stereocenters. The maximum absolute atomic E-state index is 11.5. The SMILES string of the molecule is O=S(=O)([O-])c1cc(Cl)cc(N=Nc2ccc3c(S(=O)(=O)O)cccc3c2O)c1O. The second-order valence-corrected chi connectivity index (χ2v) is 8.86. The molecule has 0 radical (unpaired) electrons. The molecule has 0 aliphatic heterocycles. The van der Waals surface area contributed by atoms with E-state index in [2.05, 4.69) is 10.2 Å². The second-order valence-electron chi connectivity index (χ2n) is 5.69. The van der Waals surface area contributed by atoms with Gasteiger partial charge in [0.1, 0.15) is 26.4 Å². The molecule has 0 amide bonds. The molecule has 0 spiro atoms. The summed E-state index contributed by atoms with van der Waals surface area (Å²) in [5.41, 5.74) is -0.617. The predicted octanol–water partition coefficient (Wildman–Crippen LogP) is 3.47. The number of aromatic hydroxyl groups is 2. The molecule has 10 nitrogen and oxygen atoms in total. The van der Waals surface area contributed by atoms with E-state index in [0.717, 1.165) is 18.2 Å². The monoisotopic (exact) mass is 457 g/mol. The minimum Gasteiger partial charge on any atom is -0.744 e. The van der Waals surface area contributed by atoms with Gasteiger partial charge in [-0.15, -0.1) is 10.2 Å². The highest BCUT2D eigenvalue weighted by Crippen LogP contribution is 2.40. The third-order valence-corrected chi connectivity index (χ3v) is 5.78. The van der Waals surface area contributed by atoms with Crippen LogP contribution in [0.5, 0.6) is 11.5 Å². The van der Waals surface area contributed by atoms with E-state index in [1.807, 2.05) is 0 Å². The van der Waals surface area contributed by atoms with E-state index >= 15 is 0 Å². The summed E-state index contributed by atoms with van der Waals surface area (Å²) in [6.07, 6.45) is 0. The fraction of sp³-hybridized carbons (Fsp3) is 0. The van der Waals surface area contributed by atoms with Crippen LogP contribution in [0.4, 0.5) is 11.4 Å². The molecule has 3 N–H and O–H groups in total. The number of hydrogen-bond acceptors (Lipinski definition) is 9. The molecule has 0 aliphatic carbocycles. The van der Waals surface area contributed by atoms with Gasteiger partial charge in [0.15, 0.2) is 11.5 Å². The van der Waals surface area contributed by atoms with Crippen molar-refractivity contribution in [3.05, 3.63) is 47.5 Å². The van der Waals surface area contributed by atoms with E-state index in [9.17, 15) is 36.2 Å². The largest absolute Gasteiger partial charge is 0.744 e. The fourth-order valence-corrected chi connectivity index (χ4v) is 4.14. The Labute approximate surface area is 169 Å². The van der Waals surface area contributed by atoms with Crippen LogP contribution in [0.2, 0.25) is 5.02 Å². The van der Waals surface area contributed by atoms with Crippen molar-refractivity contribution in [2.45, 2.75) is 9.79 Å². The van der Waals surface area contributed by atoms with Crippen molar-refractivity contribution in [1.82, 2.24) is 0 Å². The molecule has 0 saturated carbocycles. The lowest BCUT2D eigenvalue weighted by molar-refractivity contribution is 0.436. The Morgan fingerprint density at radius 3 is 2.10 bits per heavy atom. The van der Waals surface area contributed by atoms with Gasteiger partial charge in [-0.25, -0.2) is 8.42 Å². The highest BCUT2D eigenvalue weighted by molar-refractivity contribution is 7.86. The number of nitrogens with zero attached hydrogens (tertiary/aromatic N) is 2. The Balaban J connectivity index is 2.14. The Morgan fingerprint density at radius 2 is 1.48 bits per heavy atom. The van der Waals surface area contributed by atoms with Crippen molar-refractivity contribution in [3.8, 4) is 11.5 Å². The number of fused-ring (bicyclic) bond motifs is 1. The van der Waals surface area contributed by atoms with Crippen LogP contribution >= 0.6 is 11.6 Å². The fourth-order valence-electron chi connectivity index (χ4n) is 2.54. The zero-order chi connectivity index (χ0) is 21.6. The number of phenols is 2. The van der Waals surface area contributed by atoms with Crippen molar-refractivity contribution in [2.75, 3.05) is 0 Å². The topological polar surface area (TPSA) is 177 Å². The van der Waals surface area contributed by atoms with E-state index < -0.39 is 47.2 Å². The van der Waals surface area contributed by atoms with Crippen molar-refractivity contribution in [3.63, 3.8) is 0 Å². The maximum atomic E-state index is 11.5. The summed E-state index contributed by atoms with van der Waals surface area (Å²) in [7, 11) is -9.58. The standard InChI is InChI=1S/C16H11ClN2O8S2/c17-8-6-12(16(21)14(7-8)29(25,26)27)19-18-11-5-4-9-10(15(11)20)2-1-3-13(9)28(22,23)24/h1-7,20-21H,(H,22,23,24)(H,25,26,27)/p-1. The average Bonchev–Trinajstić information content (AvgIpc) is 2.61. The van der Waals surface area contributed by atoms with Crippen molar-refractivity contribution in [2.24, 2.45) is 10.2 Å². The minimum atomic E-state index is -5.03. The lowest BCUT2D eigenvalue weighted by Gasteiger charge is -2.11. The predicted molar refractivity (Wildman–Crippen MR) is 101 cm³/mol. The van der Waals surface area contributed by atoms with Crippen LogP contribution < -0.4 is 0 Å². The van der Waals surface area contributed by atoms with Gasteiger partial charge in [-0.05, 0) is 24.3 Å². The number of halogens is 1. The number of phenolic OH excluding ortho intramolecular Hbond substituents is 2. The van der Waals surface area contributed by atoms with Gasteiger partial charge in [0, 0.05) is 15.8 Å². The van der Waals surface area contributed by atoms with Gasteiger partial charge in [0.05, 0.1) is 4.90 Å². The van der Waals surface area contributed by atoms with E-state index in [-0.39, 0.29) is 21.5 Å². The highest BCUT2D eigenvalue weighted by Gasteiger charge is 2.17. The van der Waals surface area contributed by atoms with Gasteiger partial charge >= 0.3 is 0 Å². The summed E-state index contributed by atoms with van der Waals surface area (Å²) in [6, 6.07) is 8.05. The first-order valence-corrected chi connectivity index (χ1v) is 10.7. The maximum Gasteiger partial charge on any atom is 0.295 e. The Bertz CT molecular complexity index is 1390. The van der Waals surface area contributed by atoms with Crippen molar-refractivity contribution >= 4 is 54.0 Å². The van der Waals surface area contributed by atoms with Crippen LogP contribution in [0.25, 0.3) is 10.8 Å². The molecule has 13 heteroatoms. The van der Waals surface area contributed by atoms with Crippen molar-refractivity contribution in [1.29, 1.82) is 0 Å². The summed E-state index contributed by atoms with van der Waals surface area (Å²) >= 11 is 5.73. The summed E-state index contributed by atoms with van der Waals surface area (Å²) in [4.78, 5) is -1.41. The molecule has 3 rings (SSSR count). The lowest BCUT2D eigenvalue weighted by Crippen LogP contribution is -1.99. The van der Waals surface area contributed by atoms with Gasteiger partial charge in [-0.3, -0.25) is 4.55 Å². The molecule has 0 fully saturated rings. The lowest BCUT2D eigenvalue weighted by atomic mass is 10.1. The minimum absolute atomic E-state index is 0.0248.